The molecule has 0 bridgehead atoms. The third-order valence-electron chi connectivity index (χ3n) is 3.45. The summed E-state index contributed by atoms with van der Waals surface area (Å²) in [5.74, 6) is 0.332. The number of anilines is 1. The summed E-state index contributed by atoms with van der Waals surface area (Å²) in [6.07, 6.45) is 0.863. The molecule has 2 aromatic carbocycles. The fraction of sp³-hybridized carbons (Fsp3) is 0.278. The van der Waals surface area contributed by atoms with Crippen LogP contribution < -0.4 is 10.1 Å². The molecule has 0 heterocycles. The molecule has 0 fully saturated rings. The highest BCUT2D eigenvalue weighted by molar-refractivity contribution is 6.32. The lowest BCUT2D eigenvalue weighted by atomic mass is 10.1. The molecule has 0 unspecified atom stereocenters. The first-order valence-corrected chi connectivity index (χ1v) is 7.66. The Hall–Kier alpha value is -2.00. The minimum atomic E-state index is -0.193. The smallest absolute Gasteiger partial charge is 0.262 e. The predicted octanol–water partition coefficient (Wildman–Crippen LogP) is 4.54. The third kappa shape index (κ3) is 4.01. The van der Waals surface area contributed by atoms with E-state index in [1.165, 1.54) is 0 Å². The number of carbonyl (C=O) groups excluding carboxylic acids is 1. The second kappa shape index (κ2) is 7.32. The maximum absolute atomic E-state index is 12.1. The van der Waals surface area contributed by atoms with Gasteiger partial charge >= 0.3 is 0 Å². The first kappa shape index (κ1) is 16.4. The van der Waals surface area contributed by atoms with Crippen molar-refractivity contribution in [3.63, 3.8) is 0 Å². The van der Waals surface area contributed by atoms with E-state index >= 15 is 0 Å². The van der Waals surface area contributed by atoms with Crippen LogP contribution >= 0.6 is 11.6 Å². The van der Waals surface area contributed by atoms with E-state index in [1.54, 1.807) is 6.07 Å². The standard InChI is InChI=1S/C18H20ClNO2/c1-4-14-7-5-6-13(3)18(14)20-17(21)11-22-16-10-12(2)8-9-15(16)19/h5-10H,4,11H2,1-3H3,(H,20,21). The van der Waals surface area contributed by atoms with Crippen LogP contribution in [0.1, 0.15) is 23.6 Å². The highest BCUT2D eigenvalue weighted by atomic mass is 35.5. The lowest BCUT2D eigenvalue weighted by molar-refractivity contribution is -0.118. The average Bonchev–Trinajstić information content (AvgIpc) is 2.50. The quantitative estimate of drug-likeness (QED) is 0.879. The van der Waals surface area contributed by atoms with Gasteiger partial charge in [-0.05, 0) is 49.1 Å². The zero-order valence-electron chi connectivity index (χ0n) is 13.1. The Morgan fingerprint density at radius 1 is 1.23 bits per heavy atom. The van der Waals surface area contributed by atoms with Gasteiger partial charge in [0.15, 0.2) is 6.61 Å². The third-order valence-corrected chi connectivity index (χ3v) is 3.76. The number of ether oxygens (including phenoxy) is 1. The zero-order valence-corrected chi connectivity index (χ0v) is 13.8. The zero-order chi connectivity index (χ0) is 16.1. The molecule has 116 valence electrons. The number of nitrogens with one attached hydrogen (secondary N) is 1. The van der Waals surface area contributed by atoms with Crippen molar-refractivity contribution in [1.29, 1.82) is 0 Å². The normalized spacial score (nSPS) is 10.4. The minimum Gasteiger partial charge on any atom is -0.482 e. The SMILES string of the molecule is CCc1cccc(C)c1NC(=O)COc1cc(C)ccc1Cl. The molecule has 1 amide bonds. The Bertz CT molecular complexity index is 683. The van der Waals surface area contributed by atoms with Gasteiger partial charge < -0.3 is 10.1 Å². The van der Waals surface area contributed by atoms with Crippen molar-refractivity contribution in [3.8, 4) is 5.75 Å². The minimum absolute atomic E-state index is 0.0688. The molecule has 0 aliphatic heterocycles. The molecular formula is C18H20ClNO2. The molecule has 0 aliphatic rings. The topological polar surface area (TPSA) is 38.3 Å². The molecule has 2 aromatic rings. The highest BCUT2D eigenvalue weighted by Gasteiger charge is 2.10. The Morgan fingerprint density at radius 3 is 2.73 bits per heavy atom. The average molecular weight is 318 g/mol. The Morgan fingerprint density at radius 2 is 2.00 bits per heavy atom. The Balaban J connectivity index is 2.03. The van der Waals surface area contributed by atoms with Gasteiger partial charge in [-0.25, -0.2) is 0 Å². The van der Waals surface area contributed by atoms with E-state index in [0.29, 0.717) is 10.8 Å². The van der Waals surface area contributed by atoms with Gasteiger partial charge in [-0.1, -0.05) is 42.8 Å². The van der Waals surface area contributed by atoms with Gasteiger partial charge in [0.25, 0.3) is 5.91 Å². The maximum atomic E-state index is 12.1. The summed E-state index contributed by atoms with van der Waals surface area (Å²) in [5, 5.41) is 3.43. The first-order chi connectivity index (χ1) is 10.5. The lowest BCUT2D eigenvalue weighted by Gasteiger charge is -2.14. The van der Waals surface area contributed by atoms with Crippen LogP contribution in [-0.4, -0.2) is 12.5 Å². The molecular weight excluding hydrogens is 298 g/mol. The molecule has 1 N–H and O–H groups in total. The van der Waals surface area contributed by atoms with Crippen LogP contribution in [0.15, 0.2) is 36.4 Å². The van der Waals surface area contributed by atoms with Crippen molar-refractivity contribution in [2.45, 2.75) is 27.2 Å². The van der Waals surface area contributed by atoms with Gasteiger partial charge in [0.1, 0.15) is 5.75 Å². The molecule has 2 rings (SSSR count). The molecule has 22 heavy (non-hydrogen) atoms. The van der Waals surface area contributed by atoms with Crippen molar-refractivity contribution < 1.29 is 9.53 Å². The van der Waals surface area contributed by atoms with Gasteiger partial charge in [0.2, 0.25) is 0 Å². The number of carbonyl (C=O) groups is 1. The van der Waals surface area contributed by atoms with Crippen LogP contribution in [0.3, 0.4) is 0 Å². The number of para-hydroxylation sites is 1. The summed E-state index contributed by atoms with van der Waals surface area (Å²) < 4.78 is 5.52. The Labute approximate surface area is 136 Å². The van der Waals surface area contributed by atoms with Crippen LogP contribution in [0, 0.1) is 13.8 Å². The van der Waals surface area contributed by atoms with Gasteiger partial charge in [-0.3, -0.25) is 4.79 Å². The van der Waals surface area contributed by atoms with E-state index in [9.17, 15) is 4.79 Å². The summed E-state index contributed by atoms with van der Waals surface area (Å²) in [6.45, 7) is 5.92. The van der Waals surface area contributed by atoms with E-state index in [4.69, 9.17) is 16.3 Å². The van der Waals surface area contributed by atoms with Crippen molar-refractivity contribution in [2.75, 3.05) is 11.9 Å². The first-order valence-electron chi connectivity index (χ1n) is 7.28. The molecule has 0 saturated carbocycles. The van der Waals surface area contributed by atoms with Gasteiger partial charge in [-0.2, -0.15) is 0 Å². The summed E-state index contributed by atoms with van der Waals surface area (Å²) in [4.78, 5) is 12.1. The number of amides is 1. The fourth-order valence-corrected chi connectivity index (χ4v) is 2.41. The number of hydrogen-bond acceptors (Lipinski definition) is 2. The maximum Gasteiger partial charge on any atom is 0.262 e. The second-order valence-electron chi connectivity index (χ2n) is 5.23. The molecule has 0 aliphatic carbocycles. The number of hydrogen-bond donors (Lipinski definition) is 1. The molecule has 3 nitrogen and oxygen atoms in total. The fourth-order valence-electron chi connectivity index (χ4n) is 2.24. The van der Waals surface area contributed by atoms with Crippen molar-refractivity contribution in [3.05, 3.63) is 58.1 Å². The summed E-state index contributed by atoms with van der Waals surface area (Å²) in [7, 11) is 0. The predicted molar refractivity (Wildman–Crippen MR) is 90.9 cm³/mol. The molecule has 0 aromatic heterocycles. The van der Waals surface area contributed by atoms with Gasteiger partial charge in [0.05, 0.1) is 5.02 Å². The van der Waals surface area contributed by atoms with Crippen molar-refractivity contribution in [2.24, 2.45) is 0 Å². The molecule has 0 spiro atoms. The lowest BCUT2D eigenvalue weighted by Crippen LogP contribution is -2.21. The molecule has 4 heteroatoms. The van der Waals surface area contributed by atoms with Crippen LogP contribution in [0.2, 0.25) is 5.02 Å². The van der Waals surface area contributed by atoms with E-state index in [2.05, 4.69) is 12.2 Å². The Kier molecular flexibility index (Phi) is 5.45. The molecule has 0 saturated heterocycles. The number of benzene rings is 2. The largest absolute Gasteiger partial charge is 0.482 e. The summed E-state index contributed by atoms with van der Waals surface area (Å²) in [5.41, 5.74) is 4.06. The monoisotopic (exact) mass is 317 g/mol. The van der Waals surface area contributed by atoms with Crippen molar-refractivity contribution in [1.82, 2.24) is 0 Å². The van der Waals surface area contributed by atoms with Crippen molar-refractivity contribution >= 4 is 23.2 Å². The highest BCUT2D eigenvalue weighted by Crippen LogP contribution is 2.25. The number of aryl methyl sites for hydroxylation is 3. The number of halogens is 1. The molecule has 0 atom stereocenters. The van der Waals surface area contributed by atoms with E-state index < -0.39 is 0 Å². The van der Waals surface area contributed by atoms with E-state index in [1.807, 2.05) is 44.2 Å². The summed E-state index contributed by atoms with van der Waals surface area (Å²) >= 11 is 6.06. The number of rotatable bonds is 5. The van der Waals surface area contributed by atoms with Crippen LogP contribution in [-0.2, 0) is 11.2 Å². The van der Waals surface area contributed by atoms with E-state index in [0.717, 1.165) is 28.8 Å². The van der Waals surface area contributed by atoms with Crippen LogP contribution in [0.25, 0.3) is 0 Å². The van der Waals surface area contributed by atoms with Gasteiger partial charge in [0, 0.05) is 5.69 Å². The summed E-state index contributed by atoms with van der Waals surface area (Å²) in [6, 6.07) is 11.5. The second-order valence-corrected chi connectivity index (χ2v) is 5.64. The molecule has 0 radical (unpaired) electrons. The van der Waals surface area contributed by atoms with E-state index in [-0.39, 0.29) is 12.5 Å². The van der Waals surface area contributed by atoms with Gasteiger partial charge in [-0.15, -0.1) is 0 Å². The van der Waals surface area contributed by atoms with Crippen LogP contribution in [0.4, 0.5) is 5.69 Å². The van der Waals surface area contributed by atoms with Crippen LogP contribution in [0.5, 0.6) is 5.75 Å².